The minimum atomic E-state index is -0.422. The Hall–Kier alpha value is -4.37. The summed E-state index contributed by atoms with van der Waals surface area (Å²) < 4.78 is 15.3. The van der Waals surface area contributed by atoms with E-state index in [1.165, 1.54) is 17.7 Å². The molecule has 1 atom stereocenters. The molecule has 6 rings (SSSR count). The molecule has 204 valence electrons. The van der Waals surface area contributed by atoms with Gasteiger partial charge in [-0.3, -0.25) is 9.69 Å². The van der Waals surface area contributed by atoms with Crippen molar-refractivity contribution in [3.05, 3.63) is 117 Å². The van der Waals surface area contributed by atoms with Gasteiger partial charge in [-0.2, -0.15) is 0 Å². The van der Waals surface area contributed by atoms with Crippen molar-refractivity contribution in [3.8, 4) is 0 Å². The number of hydrogen-bond acceptors (Lipinski definition) is 6. The van der Waals surface area contributed by atoms with Gasteiger partial charge in [0, 0.05) is 49.4 Å². The third-order valence-corrected chi connectivity index (χ3v) is 7.90. The van der Waals surface area contributed by atoms with Gasteiger partial charge in [-0.15, -0.1) is 5.10 Å². The van der Waals surface area contributed by atoms with E-state index in [-0.39, 0.29) is 11.4 Å². The number of fused-ring (bicyclic) bond motifs is 1. The molecule has 8 nitrogen and oxygen atoms in total. The van der Waals surface area contributed by atoms with E-state index in [0.717, 1.165) is 47.2 Å². The zero-order valence-corrected chi connectivity index (χ0v) is 22.7. The first-order chi connectivity index (χ1) is 19.5. The Morgan fingerprint density at radius 2 is 1.65 bits per heavy atom. The molecule has 3 aromatic carbocycles. The molecule has 0 unspecified atom stereocenters. The molecule has 1 fully saturated rings. The van der Waals surface area contributed by atoms with Gasteiger partial charge >= 0.3 is 0 Å². The molecule has 0 spiro atoms. The van der Waals surface area contributed by atoms with E-state index in [9.17, 15) is 9.18 Å². The van der Waals surface area contributed by atoms with Crippen molar-refractivity contribution < 1.29 is 4.39 Å². The number of pyridine rings is 1. The minimum Gasteiger partial charge on any atom is -0.369 e. The number of hydrogen-bond donors (Lipinski definition) is 1. The fraction of sp³-hybridized carbons (Fsp3) is 0.290. The molecular weight excluding hydrogens is 505 g/mol. The zero-order valence-electron chi connectivity index (χ0n) is 22.7. The molecular formula is C31H32FN7O. The summed E-state index contributed by atoms with van der Waals surface area (Å²) in [6.45, 7) is 7.52. The standard InChI is InChI=1S/C31H32FN7O/c1-21-8-9-22(2)28-26(21)20-27(31(40)33-28)29(30-34-35-36-39(30)15-14-23-6-4-3-5-7-23)38-18-16-37(17-19-38)25-12-10-24(32)11-13-25/h3-13,20,29H,14-19H2,1-2H3,(H,33,40)/t29-/m0/s1. The Morgan fingerprint density at radius 3 is 2.40 bits per heavy atom. The SMILES string of the molecule is Cc1ccc(C)c2[nH]c(=O)c([C@@H](c3nnnn3CCc3ccccc3)N3CCN(c4ccc(F)cc4)CC3)cc12. The van der Waals surface area contributed by atoms with Crippen molar-refractivity contribution in [2.24, 2.45) is 0 Å². The summed E-state index contributed by atoms with van der Waals surface area (Å²) in [7, 11) is 0. The van der Waals surface area contributed by atoms with Crippen LogP contribution < -0.4 is 10.5 Å². The maximum Gasteiger partial charge on any atom is 0.253 e. The summed E-state index contributed by atoms with van der Waals surface area (Å²) in [5.41, 5.74) is 5.67. The number of H-pyrrole nitrogens is 1. The molecule has 9 heteroatoms. The topological polar surface area (TPSA) is 82.9 Å². The van der Waals surface area contributed by atoms with E-state index in [2.05, 4.69) is 55.4 Å². The largest absolute Gasteiger partial charge is 0.369 e. The summed E-state index contributed by atoms with van der Waals surface area (Å²) in [5, 5.41) is 13.9. The fourth-order valence-corrected chi connectivity index (χ4v) is 5.63. The summed E-state index contributed by atoms with van der Waals surface area (Å²) in [6.07, 6.45) is 0.774. The van der Waals surface area contributed by atoms with Crippen LogP contribution in [0.3, 0.4) is 0 Å². The normalized spacial score (nSPS) is 15.0. The van der Waals surface area contributed by atoms with Crippen molar-refractivity contribution in [1.29, 1.82) is 0 Å². The van der Waals surface area contributed by atoms with Crippen LogP contribution in [0.4, 0.5) is 10.1 Å². The highest BCUT2D eigenvalue weighted by Crippen LogP contribution is 2.30. The summed E-state index contributed by atoms with van der Waals surface area (Å²) in [5.74, 6) is 0.409. The molecule has 40 heavy (non-hydrogen) atoms. The van der Waals surface area contributed by atoms with Gasteiger partial charge in [-0.1, -0.05) is 42.5 Å². The van der Waals surface area contributed by atoms with Crippen LogP contribution in [0.25, 0.3) is 10.9 Å². The molecule has 1 saturated heterocycles. The third-order valence-electron chi connectivity index (χ3n) is 7.90. The average molecular weight is 538 g/mol. The molecule has 3 heterocycles. The lowest BCUT2D eigenvalue weighted by Crippen LogP contribution is -2.49. The second kappa shape index (κ2) is 11.0. The number of aromatic amines is 1. The van der Waals surface area contributed by atoms with Crippen molar-refractivity contribution in [2.75, 3.05) is 31.1 Å². The second-order valence-corrected chi connectivity index (χ2v) is 10.4. The Balaban J connectivity index is 1.37. The Kier molecular flexibility index (Phi) is 7.13. The highest BCUT2D eigenvalue weighted by molar-refractivity contribution is 5.85. The lowest BCUT2D eigenvalue weighted by molar-refractivity contribution is 0.199. The summed E-state index contributed by atoms with van der Waals surface area (Å²) in [4.78, 5) is 21.4. The number of piperazine rings is 1. The number of rotatable bonds is 7. The smallest absolute Gasteiger partial charge is 0.253 e. The van der Waals surface area contributed by atoms with Gasteiger partial charge in [0.1, 0.15) is 11.9 Å². The first kappa shape index (κ1) is 25.9. The first-order valence-corrected chi connectivity index (χ1v) is 13.7. The molecule has 1 aliphatic heterocycles. The second-order valence-electron chi connectivity index (χ2n) is 10.4. The van der Waals surface area contributed by atoms with Crippen LogP contribution in [0.15, 0.2) is 77.6 Å². The van der Waals surface area contributed by atoms with Crippen molar-refractivity contribution in [3.63, 3.8) is 0 Å². The predicted octanol–water partition coefficient (Wildman–Crippen LogP) is 4.42. The van der Waals surface area contributed by atoms with Crippen molar-refractivity contribution in [1.82, 2.24) is 30.1 Å². The first-order valence-electron chi connectivity index (χ1n) is 13.7. The number of nitrogens with zero attached hydrogens (tertiary/aromatic N) is 6. The Labute approximate surface area is 232 Å². The van der Waals surface area contributed by atoms with E-state index in [0.29, 0.717) is 31.0 Å². The average Bonchev–Trinajstić information content (AvgIpc) is 3.44. The predicted molar refractivity (Wildman–Crippen MR) is 154 cm³/mol. The van der Waals surface area contributed by atoms with E-state index >= 15 is 0 Å². The molecule has 0 amide bonds. The molecule has 5 aromatic rings. The van der Waals surface area contributed by atoms with Crippen LogP contribution in [0.5, 0.6) is 0 Å². The van der Waals surface area contributed by atoms with Crippen LogP contribution in [0.2, 0.25) is 0 Å². The van der Waals surface area contributed by atoms with Gasteiger partial charge in [0.15, 0.2) is 5.82 Å². The number of aryl methyl sites for hydroxylation is 4. The maximum atomic E-state index is 13.7. The molecule has 0 radical (unpaired) electrons. The lowest BCUT2D eigenvalue weighted by Gasteiger charge is -2.39. The van der Waals surface area contributed by atoms with Gasteiger partial charge < -0.3 is 9.88 Å². The Morgan fingerprint density at radius 1 is 0.925 bits per heavy atom. The van der Waals surface area contributed by atoms with Crippen LogP contribution >= 0.6 is 0 Å². The number of tetrazole rings is 1. The molecule has 2 aromatic heterocycles. The Bertz CT molecular complexity index is 1670. The van der Waals surface area contributed by atoms with Crippen LogP contribution in [0, 0.1) is 19.7 Å². The van der Waals surface area contributed by atoms with E-state index in [1.807, 2.05) is 54.1 Å². The molecule has 1 aliphatic rings. The van der Waals surface area contributed by atoms with Crippen molar-refractivity contribution in [2.45, 2.75) is 32.9 Å². The number of halogens is 1. The van der Waals surface area contributed by atoms with E-state index in [1.54, 1.807) is 0 Å². The highest BCUT2D eigenvalue weighted by Gasteiger charge is 2.33. The third kappa shape index (κ3) is 5.12. The molecule has 0 bridgehead atoms. The molecule has 0 saturated carbocycles. The minimum absolute atomic E-state index is 0.134. The quantitative estimate of drug-likeness (QED) is 0.331. The van der Waals surface area contributed by atoms with Gasteiger partial charge in [-0.25, -0.2) is 9.07 Å². The molecule has 1 N–H and O–H groups in total. The summed E-state index contributed by atoms with van der Waals surface area (Å²) in [6, 6.07) is 22.6. The lowest BCUT2D eigenvalue weighted by atomic mass is 9.99. The maximum absolute atomic E-state index is 13.7. The highest BCUT2D eigenvalue weighted by atomic mass is 19.1. The monoisotopic (exact) mass is 537 g/mol. The van der Waals surface area contributed by atoms with Gasteiger partial charge in [-0.05, 0) is 77.7 Å². The van der Waals surface area contributed by atoms with Crippen LogP contribution in [0.1, 0.15) is 34.1 Å². The molecule has 0 aliphatic carbocycles. The van der Waals surface area contributed by atoms with Crippen molar-refractivity contribution >= 4 is 16.6 Å². The van der Waals surface area contributed by atoms with E-state index in [4.69, 9.17) is 0 Å². The number of benzene rings is 3. The fourth-order valence-electron chi connectivity index (χ4n) is 5.63. The van der Waals surface area contributed by atoms with Gasteiger partial charge in [0.2, 0.25) is 0 Å². The van der Waals surface area contributed by atoms with Gasteiger partial charge in [0.05, 0.1) is 5.52 Å². The summed E-state index contributed by atoms with van der Waals surface area (Å²) >= 11 is 0. The van der Waals surface area contributed by atoms with Crippen LogP contribution in [-0.2, 0) is 13.0 Å². The van der Waals surface area contributed by atoms with Crippen LogP contribution in [-0.4, -0.2) is 56.3 Å². The van der Waals surface area contributed by atoms with E-state index < -0.39 is 6.04 Å². The zero-order chi connectivity index (χ0) is 27.6. The number of nitrogens with one attached hydrogen (secondary N) is 1. The van der Waals surface area contributed by atoms with Gasteiger partial charge in [0.25, 0.3) is 5.56 Å². The number of anilines is 1. The number of aromatic nitrogens is 5.